The molecule has 0 aromatic carbocycles. The molecule has 1 saturated heterocycles. The van der Waals surface area contributed by atoms with Crippen LogP contribution in [0.4, 0.5) is 0 Å². The third-order valence-corrected chi connectivity index (χ3v) is 5.29. The molecule has 1 aromatic rings. The molecule has 0 bridgehead atoms. The van der Waals surface area contributed by atoms with Crippen LogP contribution in [0, 0.1) is 0 Å². The van der Waals surface area contributed by atoms with Gasteiger partial charge in [0.05, 0.1) is 15.1 Å². The average Bonchev–Trinajstić information content (AvgIpc) is 3.04. The summed E-state index contributed by atoms with van der Waals surface area (Å²) in [6.45, 7) is 2.57. The van der Waals surface area contributed by atoms with Crippen molar-refractivity contribution in [1.29, 1.82) is 0 Å². The van der Waals surface area contributed by atoms with Crippen LogP contribution in [0.1, 0.15) is 16.6 Å². The zero-order valence-corrected chi connectivity index (χ0v) is 13.1. The summed E-state index contributed by atoms with van der Waals surface area (Å²) >= 11 is 8.71. The molecule has 104 valence electrons. The van der Waals surface area contributed by atoms with Gasteiger partial charge in [-0.1, -0.05) is 11.6 Å². The van der Waals surface area contributed by atoms with Gasteiger partial charge in [0.1, 0.15) is 6.04 Å². The summed E-state index contributed by atoms with van der Waals surface area (Å²) in [4.78, 5) is 28.5. The first-order valence-electron chi connectivity index (χ1n) is 5.93. The zero-order chi connectivity index (χ0) is 14.0. The smallest absolute Gasteiger partial charge is 0.265 e. The lowest BCUT2D eigenvalue weighted by Gasteiger charge is -2.26. The number of thiophene rings is 1. The first kappa shape index (κ1) is 14.7. The summed E-state index contributed by atoms with van der Waals surface area (Å²) in [5, 5.41) is 0. The molecule has 2 rings (SSSR count). The Morgan fingerprint density at radius 3 is 2.84 bits per heavy atom. The monoisotopic (exact) mass is 318 g/mol. The number of likely N-dealkylation sites (N-methyl/N-ethyl adjacent to an activating group) is 1. The lowest BCUT2D eigenvalue weighted by Crippen LogP contribution is -2.47. The standard InChI is InChI=1S/C12H15ClN2O2S2/c1-3-14(2)11(16)8-6-18-7-15(8)12(17)9-4-5-10(13)19-9/h4-5,8H,3,6-7H2,1-2H3/t8-/m0/s1. The molecule has 0 radical (unpaired) electrons. The second kappa shape index (κ2) is 6.15. The molecule has 0 N–H and O–H groups in total. The van der Waals surface area contributed by atoms with Crippen molar-refractivity contribution >= 4 is 46.5 Å². The van der Waals surface area contributed by atoms with Crippen LogP contribution in [0.5, 0.6) is 0 Å². The third kappa shape index (κ3) is 3.07. The van der Waals surface area contributed by atoms with E-state index in [0.717, 1.165) is 0 Å². The number of rotatable bonds is 3. The maximum absolute atomic E-state index is 12.4. The molecule has 0 saturated carbocycles. The number of nitrogens with zero attached hydrogens (tertiary/aromatic N) is 2. The van der Waals surface area contributed by atoms with Crippen molar-refractivity contribution in [1.82, 2.24) is 9.80 Å². The molecule has 1 aliphatic rings. The Kier molecular flexibility index (Phi) is 4.76. The predicted octanol–water partition coefficient (Wildman–Crippen LogP) is 2.39. The van der Waals surface area contributed by atoms with E-state index in [1.54, 1.807) is 40.7 Å². The number of hydrogen-bond donors (Lipinski definition) is 0. The van der Waals surface area contributed by atoms with E-state index < -0.39 is 0 Å². The van der Waals surface area contributed by atoms with Crippen LogP contribution in [-0.4, -0.2) is 52.9 Å². The number of hydrogen-bond acceptors (Lipinski definition) is 4. The van der Waals surface area contributed by atoms with Crippen LogP contribution in [0.3, 0.4) is 0 Å². The maximum Gasteiger partial charge on any atom is 0.265 e. The molecular weight excluding hydrogens is 304 g/mol. The molecule has 0 aliphatic carbocycles. The Labute approximate surface area is 125 Å². The Bertz CT molecular complexity index is 492. The predicted molar refractivity (Wildman–Crippen MR) is 79.9 cm³/mol. The van der Waals surface area contributed by atoms with E-state index >= 15 is 0 Å². The van der Waals surface area contributed by atoms with Gasteiger partial charge in [-0.15, -0.1) is 23.1 Å². The van der Waals surface area contributed by atoms with E-state index in [1.807, 2.05) is 6.92 Å². The second-order valence-corrected chi connectivity index (χ2v) is 6.96. The third-order valence-electron chi connectivity index (χ3n) is 3.06. The topological polar surface area (TPSA) is 40.6 Å². The van der Waals surface area contributed by atoms with E-state index in [9.17, 15) is 9.59 Å². The summed E-state index contributed by atoms with van der Waals surface area (Å²) in [6.07, 6.45) is 0. The average molecular weight is 319 g/mol. The van der Waals surface area contributed by atoms with Crippen molar-refractivity contribution in [2.24, 2.45) is 0 Å². The number of carbonyl (C=O) groups excluding carboxylic acids is 2. The highest BCUT2D eigenvalue weighted by Gasteiger charge is 2.36. The molecule has 1 atom stereocenters. The van der Waals surface area contributed by atoms with E-state index in [0.29, 0.717) is 27.4 Å². The Balaban J connectivity index is 2.15. The number of halogens is 1. The van der Waals surface area contributed by atoms with Crippen molar-refractivity contribution in [2.75, 3.05) is 25.2 Å². The highest BCUT2D eigenvalue weighted by molar-refractivity contribution is 7.99. The van der Waals surface area contributed by atoms with Crippen molar-refractivity contribution in [3.63, 3.8) is 0 Å². The van der Waals surface area contributed by atoms with Crippen molar-refractivity contribution < 1.29 is 9.59 Å². The van der Waals surface area contributed by atoms with Crippen molar-refractivity contribution in [2.45, 2.75) is 13.0 Å². The van der Waals surface area contributed by atoms with Gasteiger partial charge in [-0.05, 0) is 19.1 Å². The number of amides is 2. The maximum atomic E-state index is 12.4. The molecular formula is C12H15ClN2O2S2. The molecule has 2 heterocycles. The first-order chi connectivity index (χ1) is 9.04. The highest BCUT2D eigenvalue weighted by Crippen LogP contribution is 2.28. The van der Waals surface area contributed by atoms with Gasteiger partial charge in [0.25, 0.3) is 5.91 Å². The Hall–Kier alpha value is -0.720. The lowest BCUT2D eigenvalue weighted by atomic mass is 10.2. The fraction of sp³-hybridized carbons (Fsp3) is 0.500. The molecule has 2 amide bonds. The van der Waals surface area contributed by atoms with Crippen LogP contribution in [0.2, 0.25) is 4.34 Å². The number of carbonyl (C=O) groups is 2. The van der Waals surface area contributed by atoms with Gasteiger partial charge in [0.15, 0.2) is 0 Å². The first-order valence-corrected chi connectivity index (χ1v) is 8.28. The molecule has 1 aliphatic heterocycles. The van der Waals surface area contributed by atoms with Crippen LogP contribution in [-0.2, 0) is 4.79 Å². The minimum Gasteiger partial charge on any atom is -0.344 e. The van der Waals surface area contributed by atoms with Crippen LogP contribution >= 0.6 is 34.7 Å². The van der Waals surface area contributed by atoms with Gasteiger partial charge in [-0.2, -0.15) is 0 Å². The molecule has 1 aromatic heterocycles. The van der Waals surface area contributed by atoms with E-state index in [4.69, 9.17) is 11.6 Å². The van der Waals surface area contributed by atoms with Gasteiger partial charge >= 0.3 is 0 Å². The van der Waals surface area contributed by atoms with Crippen LogP contribution < -0.4 is 0 Å². The summed E-state index contributed by atoms with van der Waals surface area (Å²) in [5.41, 5.74) is 0. The van der Waals surface area contributed by atoms with Gasteiger partial charge in [-0.3, -0.25) is 9.59 Å². The Morgan fingerprint density at radius 2 is 2.26 bits per heavy atom. The summed E-state index contributed by atoms with van der Waals surface area (Å²) in [6, 6.07) is 3.06. The molecule has 4 nitrogen and oxygen atoms in total. The second-order valence-electron chi connectivity index (χ2n) is 4.25. The van der Waals surface area contributed by atoms with Crippen molar-refractivity contribution in [3.8, 4) is 0 Å². The summed E-state index contributed by atoms with van der Waals surface area (Å²) < 4.78 is 0.587. The molecule has 19 heavy (non-hydrogen) atoms. The van der Waals surface area contributed by atoms with Crippen LogP contribution in [0.15, 0.2) is 12.1 Å². The molecule has 0 unspecified atom stereocenters. The molecule has 7 heteroatoms. The van der Waals surface area contributed by atoms with Gasteiger partial charge in [0, 0.05) is 19.3 Å². The Morgan fingerprint density at radius 1 is 1.53 bits per heavy atom. The number of thioether (sulfide) groups is 1. The van der Waals surface area contributed by atoms with Gasteiger partial charge in [0.2, 0.25) is 5.91 Å². The minimum atomic E-state index is -0.358. The quantitative estimate of drug-likeness (QED) is 0.859. The van der Waals surface area contributed by atoms with E-state index in [1.165, 1.54) is 11.3 Å². The zero-order valence-electron chi connectivity index (χ0n) is 10.8. The largest absolute Gasteiger partial charge is 0.344 e. The SMILES string of the molecule is CCN(C)C(=O)[C@@H]1CSCN1C(=O)c1ccc(Cl)s1. The fourth-order valence-electron chi connectivity index (χ4n) is 1.83. The van der Waals surface area contributed by atoms with Crippen LogP contribution in [0.25, 0.3) is 0 Å². The summed E-state index contributed by atoms with van der Waals surface area (Å²) in [5.74, 6) is 1.12. The van der Waals surface area contributed by atoms with Crippen molar-refractivity contribution in [3.05, 3.63) is 21.3 Å². The molecule has 0 spiro atoms. The fourth-order valence-corrected chi connectivity index (χ4v) is 3.97. The summed E-state index contributed by atoms with van der Waals surface area (Å²) in [7, 11) is 1.76. The van der Waals surface area contributed by atoms with Gasteiger partial charge in [-0.25, -0.2) is 0 Å². The van der Waals surface area contributed by atoms with E-state index in [-0.39, 0.29) is 17.9 Å². The van der Waals surface area contributed by atoms with E-state index in [2.05, 4.69) is 0 Å². The van der Waals surface area contributed by atoms with Gasteiger partial charge < -0.3 is 9.80 Å². The normalized spacial score (nSPS) is 18.7. The molecule has 1 fully saturated rings. The minimum absolute atomic E-state index is 0.00324. The highest BCUT2D eigenvalue weighted by atomic mass is 35.5. The lowest BCUT2D eigenvalue weighted by molar-refractivity contribution is -0.133.